The van der Waals surface area contributed by atoms with E-state index in [2.05, 4.69) is 5.16 Å². The van der Waals surface area contributed by atoms with Crippen molar-refractivity contribution in [3.05, 3.63) is 94.7 Å². The van der Waals surface area contributed by atoms with Crippen LogP contribution in [0.15, 0.2) is 77.5 Å². The topological polar surface area (TPSA) is 72.6 Å². The summed E-state index contributed by atoms with van der Waals surface area (Å²) in [5.41, 5.74) is 1.35. The third-order valence-electron chi connectivity index (χ3n) is 5.02. The van der Waals surface area contributed by atoms with Gasteiger partial charge in [-0.25, -0.2) is 0 Å². The van der Waals surface area contributed by atoms with Crippen LogP contribution in [0.2, 0.25) is 0 Å². The molecular weight excluding hydrogens is 455 g/mol. The van der Waals surface area contributed by atoms with Crippen LogP contribution in [0.25, 0.3) is 10.4 Å². The molecule has 2 aromatic carbocycles. The van der Waals surface area contributed by atoms with E-state index in [-0.39, 0.29) is 6.42 Å². The van der Waals surface area contributed by atoms with Gasteiger partial charge in [-0.2, -0.15) is 13.2 Å². The molecule has 0 spiro atoms. The predicted molar refractivity (Wildman–Crippen MR) is 116 cm³/mol. The molecule has 0 aliphatic carbocycles. The standard InChI is InChI=1S/C24H18F3NO4S/c25-24(26,27)17-5-1-16(2-6-17)22-10-9-19(33-22)14-31-18-7-3-15(4-8-18)20(13-23(29)30)21-11-12-32-28-21/h1-12,20H,13-14H2,(H,29,30)/t20-/m0/s1. The zero-order valence-corrected chi connectivity index (χ0v) is 17.9. The van der Waals surface area contributed by atoms with Crippen LogP contribution >= 0.6 is 11.3 Å². The first-order valence-electron chi connectivity index (χ1n) is 9.91. The summed E-state index contributed by atoms with van der Waals surface area (Å²) in [5, 5.41) is 13.1. The normalized spacial score (nSPS) is 12.5. The first-order chi connectivity index (χ1) is 15.8. The van der Waals surface area contributed by atoms with Crippen molar-refractivity contribution in [2.75, 3.05) is 0 Å². The van der Waals surface area contributed by atoms with Crippen LogP contribution in [0.1, 0.15) is 34.0 Å². The van der Waals surface area contributed by atoms with Crippen LogP contribution in [0.5, 0.6) is 5.75 Å². The number of aromatic nitrogens is 1. The fourth-order valence-corrected chi connectivity index (χ4v) is 4.28. The summed E-state index contributed by atoms with van der Waals surface area (Å²) in [6.45, 7) is 0.298. The van der Waals surface area contributed by atoms with E-state index in [9.17, 15) is 23.1 Å². The lowest BCUT2D eigenvalue weighted by Gasteiger charge is -2.13. The van der Waals surface area contributed by atoms with Crippen LogP contribution in [-0.2, 0) is 17.6 Å². The van der Waals surface area contributed by atoms with Crippen molar-refractivity contribution in [1.82, 2.24) is 5.16 Å². The number of nitrogens with zero attached hydrogens (tertiary/aromatic N) is 1. The quantitative estimate of drug-likeness (QED) is 0.312. The minimum absolute atomic E-state index is 0.116. The van der Waals surface area contributed by atoms with Crippen molar-refractivity contribution >= 4 is 17.3 Å². The van der Waals surface area contributed by atoms with Crippen molar-refractivity contribution in [1.29, 1.82) is 0 Å². The van der Waals surface area contributed by atoms with Crippen LogP contribution in [0, 0.1) is 0 Å². The van der Waals surface area contributed by atoms with E-state index in [4.69, 9.17) is 9.26 Å². The highest BCUT2D eigenvalue weighted by molar-refractivity contribution is 7.15. The van der Waals surface area contributed by atoms with Gasteiger partial charge in [0.15, 0.2) is 0 Å². The Morgan fingerprint density at radius 2 is 1.76 bits per heavy atom. The molecule has 0 saturated carbocycles. The Morgan fingerprint density at radius 3 is 2.36 bits per heavy atom. The van der Waals surface area contributed by atoms with E-state index in [0.717, 1.165) is 27.5 Å². The molecule has 2 aromatic heterocycles. The molecule has 0 unspecified atom stereocenters. The van der Waals surface area contributed by atoms with Gasteiger partial charge in [0.05, 0.1) is 17.7 Å². The summed E-state index contributed by atoms with van der Waals surface area (Å²) in [6.07, 6.45) is -3.07. The summed E-state index contributed by atoms with van der Waals surface area (Å²) in [7, 11) is 0. The Morgan fingerprint density at radius 1 is 1.03 bits per heavy atom. The van der Waals surface area contributed by atoms with Crippen molar-refractivity contribution in [2.45, 2.75) is 25.1 Å². The molecule has 0 aliphatic heterocycles. The fraction of sp³-hybridized carbons (Fsp3) is 0.167. The number of ether oxygens (including phenoxy) is 1. The zero-order valence-electron chi connectivity index (χ0n) is 17.1. The first kappa shape index (κ1) is 22.6. The van der Waals surface area contributed by atoms with Gasteiger partial charge in [-0.05, 0) is 47.5 Å². The second-order valence-corrected chi connectivity index (χ2v) is 8.44. The third-order valence-corrected chi connectivity index (χ3v) is 6.12. The molecular formula is C24H18F3NO4S. The number of carboxylic acid groups (broad SMARTS) is 1. The summed E-state index contributed by atoms with van der Waals surface area (Å²) < 4.78 is 48.9. The van der Waals surface area contributed by atoms with Gasteiger partial charge in [-0.1, -0.05) is 29.4 Å². The Balaban J connectivity index is 1.40. The molecule has 2 heterocycles. The third kappa shape index (κ3) is 5.61. The van der Waals surface area contributed by atoms with Gasteiger partial charge in [-0.15, -0.1) is 11.3 Å². The summed E-state index contributed by atoms with van der Waals surface area (Å²) in [5.74, 6) is -0.763. The van der Waals surface area contributed by atoms with E-state index >= 15 is 0 Å². The van der Waals surface area contributed by atoms with E-state index in [1.54, 1.807) is 30.3 Å². The van der Waals surface area contributed by atoms with Crippen LogP contribution in [-0.4, -0.2) is 16.2 Å². The Labute approximate surface area is 191 Å². The van der Waals surface area contributed by atoms with Gasteiger partial charge >= 0.3 is 12.1 Å². The molecule has 170 valence electrons. The number of carbonyl (C=O) groups is 1. The van der Waals surface area contributed by atoms with Crippen molar-refractivity contribution in [3.63, 3.8) is 0 Å². The monoisotopic (exact) mass is 473 g/mol. The van der Waals surface area contributed by atoms with E-state index < -0.39 is 23.6 Å². The average molecular weight is 473 g/mol. The average Bonchev–Trinajstić information content (AvgIpc) is 3.48. The number of rotatable bonds is 8. The van der Waals surface area contributed by atoms with E-state index in [1.807, 2.05) is 12.1 Å². The number of thiophene rings is 1. The van der Waals surface area contributed by atoms with E-state index in [0.29, 0.717) is 23.6 Å². The number of hydrogen-bond acceptors (Lipinski definition) is 5. The molecule has 4 rings (SSSR count). The highest BCUT2D eigenvalue weighted by Gasteiger charge is 2.30. The molecule has 1 atom stereocenters. The predicted octanol–water partition coefficient (Wildman–Crippen LogP) is 6.61. The van der Waals surface area contributed by atoms with Crippen molar-refractivity contribution in [3.8, 4) is 16.2 Å². The Kier molecular flexibility index (Phi) is 6.50. The minimum Gasteiger partial charge on any atom is -0.488 e. The van der Waals surface area contributed by atoms with Crippen molar-refractivity contribution in [2.24, 2.45) is 0 Å². The largest absolute Gasteiger partial charge is 0.488 e. The van der Waals surface area contributed by atoms with Gasteiger partial charge in [0.2, 0.25) is 0 Å². The molecule has 0 radical (unpaired) electrons. The Hall–Kier alpha value is -3.59. The molecule has 0 amide bonds. The lowest BCUT2D eigenvalue weighted by molar-refractivity contribution is -0.138. The van der Waals surface area contributed by atoms with E-state index in [1.165, 1.54) is 29.7 Å². The number of benzene rings is 2. The maximum absolute atomic E-state index is 12.7. The molecule has 0 bridgehead atoms. The van der Waals surface area contributed by atoms with Crippen LogP contribution in [0.3, 0.4) is 0 Å². The van der Waals surface area contributed by atoms with Gasteiger partial charge in [0, 0.05) is 21.7 Å². The molecule has 9 heteroatoms. The Bertz CT molecular complexity index is 1200. The second-order valence-electron chi connectivity index (χ2n) is 7.27. The smallest absolute Gasteiger partial charge is 0.416 e. The highest BCUT2D eigenvalue weighted by Crippen LogP contribution is 2.34. The highest BCUT2D eigenvalue weighted by atomic mass is 32.1. The second kappa shape index (κ2) is 9.50. The van der Waals surface area contributed by atoms with Gasteiger partial charge < -0.3 is 14.4 Å². The van der Waals surface area contributed by atoms with Crippen LogP contribution < -0.4 is 4.74 Å². The molecule has 0 saturated heterocycles. The lowest BCUT2D eigenvalue weighted by Crippen LogP contribution is -2.08. The number of halogens is 3. The summed E-state index contributed by atoms with van der Waals surface area (Å²) in [4.78, 5) is 13.0. The maximum atomic E-state index is 12.7. The zero-order chi connectivity index (χ0) is 23.4. The maximum Gasteiger partial charge on any atom is 0.416 e. The van der Waals surface area contributed by atoms with Gasteiger partial charge in [0.1, 0.15) is 18.6 Å². The molecule has 33 heavy (non-hydrogen) atoms. The molecule has 0 fully saturated rings. The lowest BCUT2D eigenvalue weighted by atomic mass is 9.92. The summed E-state index contributed by atoms with van der Waals surface area (Å²) >= 11 is 1.44. The molecule has 0 aliphatic rings. The number of hydrogen-bond donors (Lipinski definition) is 1. The summed E-state index contributed by atoms with van der Waals surface area (Å²) in [6, 6.07) is 17.5. The number of carboxylic acids is 1. The van der Waals surface area contributed by atoms with Crippen molar-refractivity contribution < 1.29 is 32.3 Å². The van der Waals surface area contributed by atoms with Gasteiger partial charge in [-0.3, -0.25) is 4.79 Å². The molecule has 4 aromatic rings. The number of alkyl halides is 3. The molecule has 5 nitrogen and oxygen atoms in total. The minimum atomic E-state index is -4.36. The van der Waals surface area contributed by atoms with Gasteiger partial charge in [0.25, 0.3) is 0 Å². The first-order valence-corrected chi connectivity index (χ1v) is 10.7. The van der Waals surface area contributed by atoms with Crippen LogP contribution in [0.4, 0.5) is 13.2 Å². The molecule has 1 N–H and O–H groups in total. The number of aliphatic carboxylic acids is 1. The fourth-order valence-electron chi connectivity index (χ4n) is 3.35. The SMILES string of the molecule is O=C(O)C[C@@H](c1ccc(OCc2ccc(-c3ccc(C(F)(F)F)cc3)s2)cc1)c1ccon1.